The van der Waals surface area contributed by atoms with Crippen molar-refractivity contribution in [3.8, 4) is 0 Å². The molecule has 168 valence electrons. The Kier molecular flexibility index (Phi) is 6.00. The van der Waals surface area contributed by atoms with Crippen molar-refractivity contribution in [2.24, 2.45) is 0 Å². The summed E-state index contributed by atoms with van der Waals surface area (Å²) in [6, 6.07) is 18.3. The Morgan fingerprint density at radius 1 is 0.909 bits per heavy atom. The molecule has 1 amide bonds. The minimum atomic E-state index is -4.60. The smallest absolute Gasteiger partial charge is 0.321 e. The largest absolute Gasteiger partial charge is 0.416 e. The first kappa shape index (κ1) is 22.3. The van der Waals surface area contributed by atoms with Crippen molar-refractivity contribution in [3.63, 3.8) is 0 Å². The van der Waals surface area contributed by atoms with E-state index in [4.69, 9.17) is 0 Å². The van der Waals surface area contributed by atoms with Crippen molar-refractivity contribution in [1.82, 2.24) is 4.98 Å². The average molecular weight is 454 g/mol. The van der Waals surface area contributed by atoms with Gasteiger partial charge in [0.15, 0.2) is 0 Å². The molecule has 8 heteroatoms. The fraction of sp³-hybridized carbons (Fsp3) is 0.120. The Morgan fingerprint density at radius 3 is 2.42 bits per heavy atom. The molecule has 33 heavy (non-hydrogen) atoms. The maximum Gasteiger partial charge on any atom is 0.416 e. The number of aromatic amines is 1. The molecule has 0 saturated heterocycles. The number of amides is 1. The molecule has 0 spiro atoms. The number of anilines is 1. The van der Waals surface area contributed by atoms with Crippen molar-refractivity contribution >= 4 is 22.5 Å². The standard InChI is InChI=1S/C25H18F4N2O2/c26-19-8-3-5-16(13-19)11-12-31(20-9-4-7-18(15-20)25(27,28)29)24(33)21-14-17-6-1-2-10-22(17)30-23(21)32/h1-10,13-15H,11-12H2,(H,30,32). The number of alkyl halides is 3. The Morgan fingerprint density at radius 2 is 1.67 bits per heavy atom. The highest BCUT2D eigenvalue weighted by Gasteiger charge is 2.31. The lowest BCUT2D eigenvalue weighted by Crippen LogP contribution is -2.36. The summed E-state index contributed by atoms with van der Waals surface area (Å²) in [5, 5.41) is 0.606. The van der Waals surface area contributed by atoms with Crippen LogP contribution in [0.5, 0.6) is 0 Å². The molecule has 0 saturated carbocycles. The molecule has 4 rings (SSSR count). The molecule has 0 fully saturated rings. The third kappa shape index (κ3) is 4.95. The van der Waals surface area contributed by atoms with Crippen LogP contribution < -0.4 is 10.5 Å². The molecule has 1 aromatic heterocycles. The van der Waals surface area contributed by atoms with E-state index in [-0.39, 0.29) is 24.2 Å². The number of H-pyrrole nitrogens is 1. The van der Waals surface area contributed by atoms with Gasteiger partial charge in [-0.15, -0.1) is 0 Å². The molecule has 0 atom stereocenters. The molecular weight excluding hydrogens is 436 g/mol. The molecule has 3 aromatic carbocycles. The second kappa shape index (κ2) is 8.90. The Labute approximate surface area is 186 Å². The minimum Gasteiger partial charge on any atom is -0.321 e. The van der Waals surface area contributed by atoms with Crippen LogP contribution in [0.15, 0.2) is 83.7 Å². The number of rotatable bonds is 5. The van der Waals surface area contributed by atoms with Gasteiger partial charge in [-0.2, -0.15) is 13.2 Å². The van der Waals surface area contributed by atoms with E-state index < -0.39 is 29.0 Å². The van der Waals surface area contributed by atoms with Gasteiger partial charge in [0, 0.05) is 17.7 Å². The summed E-state index contributed by atoms with van der Waals surface area (Å²) in [6.07, 6.45) is -4.43. The first-order valence-electron chi connectivity index (χ1n) is 10.1. The number of hydrogen-bond donors (Lipinski definition) is 1. The van der Waals surface area contributed by atoms with Gasteiger partial charge in [-0.1, -0.05) is 36.4 Å². The second-order valence-corrected chi connectivity index (χ2v) is 7.48. The number of hydrogen-bond acceptors (Lipinski definition) is 2. The molecule has 0 bridgehead atoms. The fourth-order valence-electron chi connectivity index (χ4n) is 3.58. The average Bonchev–Trinajstić information content (AvgIpc) is 2.78. The lowest BCUT2D eigenvalue weighted by Gasteiger charge is -2.24. The molecule has 4 aromatic rings. The highest BCUT2D eigenvalue weighted by atomic mass is 19.4. The number of pyridine rings is 1. The quantitative estimate of drug-likeness (QED) is 0.401. The Hall–Kier alpha value is -3.94. The van der Waals surface area contributed by atoms with Crippen molar-refractivity contribution in [2.45, 2.75) is 12.6 Å². The third-order valence-corrected chi connectivity index (χ3v) is 5.23. The summed E-state index contributed by atoms with van der Waals surface area (Å²) in [5.74, 6) is -1.21. The van der Waals surface area contributed by atoms with Gasteiger partial charge >= 0.3 is 6.18 Å². The summed E-state index contributed by atoms with van der Waals surface area (Å²) in [6.45, 7) is -0.0597. The zero-order valence-corrected chi connectivity index (χ0v) is 17.2. The van der Waals surface area contributed by atoms with Gasteiger partial charge in [-0.3, -0.25) is 9.59 Å². The van der Waals surface area contributed by atoms with Gasteiger partial charge in [0.1, 0.15) is 11.4 Å². The number of nitrogens with zero attached hydrogens (tertiary/aromatic N) is 1. The monoisotopic (exact) mass is 454 g/mol. The van der Waals surface area contributed by atoms with E-state index in [9.17, 15) is 27.2 Å². The molecule has 0 aliphatic heterocycles. The van der Waals surface area contributed by atoms with Crippen LogP contribution in [0.3, 0.4) is 0 Å². The molecule has 0 radical (unpaired) electrons. The summed E-state index contributed by atoms with van der Waals surface area (Å²) < 4.78 is 53.4. The molecule has 1 N–H and O–H groups in total. The molecule has 0 unspecified atom stereocenters. The van der Waals surface area contributed by atoms with E-state index in [0.717, 1.165) is 17.0 Å². The van der Waals surface area contributed by atoms with Crippen LogP contribution in [0.4, 0.5) is 23.2 Å². The number of aromatic nitrogens is 1. The summed E-state index contributed by atoms with van der Waals surface area (Å²) >= 11 is 0. The molecule has 0 aliphatic rings. The van der Waals surface area contributed by atoms with Gasteiger partial charge in [-0.05, 0) is 59.8 Å². The van der Waals surface area contributed by atoms with Gasteiger partial charge in [0.2, 0.25) is 0 Å². The van der Waals surface area contributed by atoms with Crippen LogP contribution in [0.2, 0.25) is 0 Å². The van der Waals surface area contributed by atoms with E-state index in [2.05, 4.69) is 4.98 Å². The third-order valence-electron chi connectivity index (χ3n) is 5.23. The van der Waals surface area contributed by atoms with Crippen molar-refractivity contribution < 1.29 is 22.4 Å². The lowest BCUT2D eigenvalue weighted by atomic mass is 10.1. The fourth-order valence-corrected chi connectivity index (χ4v) is 3.58. The summed E-state index contributed by atoms with van der Waals surface area (Å²) in [4.78, 5) is 29.8. The predicted octanol–water partition coefficient (Wildman–Crippen LogP) is 5.58. The number of benzene rings is 3. The van der Waals surface area contributed by atoms with Crippen LogP contribution in [-0.2, 0) is 12.6 Å². The van der Waals surface area contributed by atoms with Crippen LogP contribution in [0, 0.1) is 5.82 Å². The minimum absolute atomic E-state index is 0.0150. The highest BCUT2D eigenvalue weighted by Crippen LogP contribution is 2.32. The van der Waals surface area contributed by atoms with Crippen molar-refractivity contribution in [1.29, 1.82) is 0 Å². The maximum absolute atomic E-state index is 13.6. The van der Waals surface area contributed by atoms with E-state index in [1.807, 2.05) is 0 Å². The zero-order chi connectivity index (χ0) is 23.6. The molecular formula is C25H18F4N2O2. The van der Waals surface area contributed by atoms with E-state index in [0.29, 0.717) is 16.5 Å². The van der Waals surface area contributed by atoms with Gasteiger partial charge in [0.05, 0.1) is 5.56 Å². The maximum atomic E-state index is 13.6. The molecule has 4 nitrogen and oxygen atoms in total. The number of nitrogens with one attached hydrogen (secondary N) is 1. The first-order chi connectivity index (χ1) is 15.7. The highest BCUT2D eigenvalue weighted by molar-refractivity contribution is 6.07. The first-order valence-corrected chi connectivity index (χ1v) is 10.1. The number of para-hydroxylation sites is 1. The van der Waals surface area contributed by atoms with Gasteiger partial charge in [0.25, 0.3) is 11.5 Å². The van der Waals surface area contributed by atoms with E-state index in [1.54, 1.807) is 30.3 Å². The summed E-state index contributed by atoms with van der Waals surface area (Å²) in [7, 11) is 0. The Bertz CT molecular complexity index is 1380. The van der Waals surface area contributed by atoms with Crippen LogP contribution >= 0.6 is 0 Å². The molecule has 0 aliphatic carbocycles. The number of fused-ring (bicyclic) bond motifs is 1. The van der Waals surface area contributed by atoms with Gasteiger partial charge in [-0.25, -0.2) is 4.39 Å². The summed E-state index contributed by atoms with van der Waals surface area (Å²) in [5.41, 5.74) is -0.696. The molecule has 1 heterocycles. The second-order valence-electron chi connectivity index (χ2n) is 7.48. The number of halogens is 4. The van der Waals surface area contributed by atoms with Crippen molar-refractivity contribution in [2.75, 3.05) is 11.4 Å². The van der Waals surface area contributed by atoms with E-state index >= 15 is 0 Å². The Balaban J connectivity index is 1.76. The normalized spacial score (nSPS) is 11.5. The van der Waals surface area contributed by atoms with Crippen LogP contribution in [0.25, 0.3) is 10.9 Å². The van der Waals surface area contributed by atoms with Crippen molar-refractivity contribution in [3.05, 3.63) is 112 Å². The number of carbonyl (C=O) groups is 1. The lowest BCUT2D eigenvalue weighted by molar-refractivity contribution is -0.137. The predicted molar refractivity (Wildman–Crippen MR) is 118 cm³/mol. The van der Waals surface area contributed by atoms with Crippen LogP contribution in [0.1, 0.15) is 21.5 Å². The van der Waals surface area contributed by atoms with E-state index in [1.165, 1.54) is 36.4 Å². The topological polar surface area (TPSA) is 53.2 Å². The van der Waals surface area contributed by atoms with Crippen LogP contribution in [-0.4, -0.2) is 17.4 Å². The SMILES string of the molecule is O=C(c1cc2ccccc2[nH]c1=O)N(CCc1cccc(F)c1)c1cccc(C(F)(F)F)c1. The zero-order valence-electron chi connectivity index (χ0n) is 17.2. The number of carbonyl (C=O) groups excluding carboxylic acids is 1. The van der Waals surface area contributed by atoms with Gasteiger partial charge < -0.3 is 9.88 Å².